The van der Waals surface area contributed by atoms with Crippen LogP contribution in [0.2, 0.25) is 0 Å². The van der Waals surface area contributed by atoms with Gasteiger partial charge in [0.25, 0.3) is 5.91 Å². The number of hydrogen-bond donors (Lipinski definition) is 4. The second kappa shape index (κ2) is 10.5. The molecule has 210 valence electrons. The molecule has 11 nitrogen and oxygen atoms in total. The Labute approximate surface area is 239 Å². The summed E-state index contributed by atoms with van der Waals surface area (Å²) >= 11 is 1.37. The second-order valence-corrected chi connectivity index (χ2v) is 11.1. The molecule has 3 aromatic rings. The standard InChI is InChI=1S/C29H27N5O6S/c30-26(31)17-9-18(41-14-17)12-32-28(38)23-11-29(39-7-8-40-29)15-34(23)24(35)13-33-27(37)16-5-6-21-22(10-16)19-3-1-2-4-20(19)25(21)36/h1-6,9-10,14,23H,7-8,11-13,15H2,(H3,30,31)(H,32,38)(H,33,37)/t23-/m0/s1. The zero-order valence-corrected chi connectivity index (χ0v) is 22.7. The third-order valence-electron chi connectivity index (χ3n) is 7.52. The molecule has 2 aromatic carbocycles. The van der Waals surface area contributed by atoms with Crippen molar-refractivity contribution in [2.45, 2.75) is 24.8 Å². The van der Waals surface area contributed by atoms with Gasteiger partial charge in [0.05, 0.1) is 32.8 Å². The summed E-state index contributed by atoms with van der Waals surface area (Å²) in [6, 6.07) is 13.0. The van der Waals surface area contributed by atoms with Crippen molar-refractivity contribution < 1.29 is 28.7 Å². The molecule has 5 N–H and O–H groups in total. The van der Waals surface area contributed by atoms with Crippen molar-refractivity contribution in [2.75, 3.05) is 26.3 Å². The van der Waals surface area contributed by atoms with Crippen molar-refractivity contribution in [3.05, 3.63) is 81.0 Å². The molecule has 0 radical (unpaired) electrons. The van der Waals surface area contributed by atoms with Crippen LogP contribution in [0.15, 0.2) is 53.9 Å². The number of nitrogen functional groups attached to an aromatic ring is 1. The number of amides is 3. The first-order chi connectivity index (χ1) is 19.7. The number of rotatable bonds is 7. The normalized spacial score (nSPS) is 18.3. The third kappa shape index (κ3) is 5.01. The van der Waals surface area contributed by atoms with Gasteiger partial charge < -0.3 is 30.7 Å². The highest BCUT2D eigenvalue weighted by atomic mass is 32.1. The van der Waals surface area contributed by atoms with Crippen molar-refractivity contribution in [1.82, 2.24) is 15.5 Å². The fraction of sp³-hybridized carbons (Fsp3) is 0.276. The fourth-order valence-corrected chi connectivity index (χ4v) is 6.30. The molecule has 0 saturated carbocycles. The summed E-state index contributed by atoms with van der Waals surface area (Å²) in [7, 11) is 0. The van der Waals surface area contributed by atoms with Crippen molar-refractivity contribution in [3.8, 4) is 11.1 Å². The number of ketones is 1. The number of ether oxygens (including phenoxy) is 2. The molecule has 1 atom stereocenters. The lowest BCUT2D eigenvalue weighted by atomic mass is 10.0. The Hall–Kier alpha value is -4.39. The quantitative estimate of drug-likeness (QED) is 0.193. The highest BCUT2D eigenvalue weighted by Gasteiger charge is 2.52. The molecule has 1 spiro atoms. The predicted octanol–water partition coefficient (Wildman–Crippen LogP) is 1.63. The van der Waals surface area contributed by atoms with Crippen LogP contribution in [0.5, 0.6) is 0 Å². The number of carbonyl (C=O) groups excluding carboxylic acids is 4. The molecule has 3 heterocycles. The van der Waals surface area contributed by atoms with Crippen LogP contribution in [-0.2, 0) is 25.6 Å². The van der Waals surface area contributed by atoms with Gasteiger partial charge in [-0.25, -0.2) is 0 Å². The van der Waals surface area contributed by atoms with Gasteiger partial charge in [0, 0.05) is 38.9 Å². The molecule has 0 unspecified atom stereocenters. The van der Waals surface area contributed by atoms with Crippen LogP contribution in [-0.4, -0.2) is 72.4 Å². The summed E-state index contributed by atoms with van der Waals surface area (Å²) in [4.78, 5) is 54.4. The average Bonchev–Trinajstić information content (AvgIpc) is 3.78. The first kappa shape index (κ1) is 26.8. The number of benzene rings is 2. The van der Waals surface area contributed by atoms with Crippen molar-refractivity contribution in [2.24, 2.45) is 5.73 Å². The van der Waals surface area contributed by atoms with Gasteiger partial charge in [-0.3, -0.25) is 24.6 Å². The fourth-order valence-electron chi connectivity index (χ4n) is 5.47. The molecule has 12 heteroatoms. The monoisotopic (exact) mass is 573 g/mol. The molecular weight excluding hydrogens is 546 g/mol. The molecule has 2 saturated heterocycles. The van der Waals surface area contributed by atoms with Crippen molar-refractivity contribution in [1.29, 1.82) is 5.41 Å². The van der Waals surface area contributed by atoms with E-state index in [1.165, 1.54) is 16.2 Å². The van der Waals surface area contributed by atoms with Crippen molar-refractivity contribution >= 4 is 40.7 Å². The predicted molar refractivity (Wildman–Crippen MR) is 150 cm³/mol. The number of nitrogens with zero attached hydrogens (tertiary/aromatic N) is 1. The van der Waals surface area contributed by atoms with Gasteiger partial charge >= 0.3 is 0 Å². The van der Waals surface area contributed by atoms with Gasteiger partial charge in [0.2, 0.25) is 11.8 Å². The van der Waals surface area contributed by atoms with Crippen LogP contribution < -0.4 is 16.4 Å². The van der Waals surface area contributed by atoms with E-state index >= 15 is 0 Å². The SMILES string of the molecule is N=C(N)c1csc(CNC(=O)[C@@H]2CC3(CN2C(=O)CNC(=O)c2ccc4c(c2)-c2ccccc2C4=O)OCCO3)c1. The van der Waals surface area contributed by atoms with Crippen LogP contribution in [0.1, 0.15) is 43.1 Å². The number of carbonyl (C=O) groups is 4. The topological polar surface area (TPSA) is 164 Å². The largest absolute Gasteiger partial charge is 0.384 e. The maximum absolute atomic E-state index is 13.3. The molecule has 3 amide bonds. The van der Waals surface area contributed by atoms with Gasteiger partial charge in [-0.05, 0) is 35.4 Å². The van der Waals surface area contributed by atoms with Gasteiger partial charge in [-0.15, -0.1) is 11.3 Å². The Morgan fingerprint density at radius 1 is 1.00 bits per heavy atom. The van der Waals surface area contributed by atoms with E-state index in [4.69, 9.17) is 20.6 Å². The Morgan fingerprint density at radius 2 is 1.73 bits per heavy atom. The summed E-state index contributed by atoms with van der Waals surface area (Å²) in [5.41, 5.74) is 9.00. The van der Waals surface area contributed by atoms with E-state index in [0.717, 1.165) is 10.4 Å². The summed E-state index contributed by atoms with van der Waals surface area (Å²) in [5, 5.41) is 14.8. The minimum absolute atomic E-state index is 0.0518. The Kier molecular flexibility index (Phi) is 6.89. The van der Waals surface area contributed by atoms with Gasteiger partial charge in [0.15, 0.2) is 11.6 Å². The number of hydrogen-bond acceptors (Lipinski definition) is 8. The van der Waals surface area contributed by atoms with Crippen molar-refractivity contribution in [3.63, 3.8) is 0 Å². The van der Waals surface area contributed by atoms with Crippen LogP contribution in [0, 0.1) is 5.41 Å². The number of nitrogens with one attached hydrogen (secondary N) is 3. The van der Waals surface area contributed by atoms with E-state index in [1.54, 1.807) is 41.8 Å². The Bertz CT molecular complexity index is 1590. The number of amidine groups is 1. The number of thiophene rings is 1. The zero-order chi connectivity index (χ0) is 28.7. The summed E-state index contributed by atoms with van der Waals surface area (Å²) < 4.78 is 11.6. The van der Waals surface area contributed by atoms with Crippen LogP contribution >= 0.6 is 11.3 Å². The Morgan fingerprint density at radius 3 is 2.46 bits per heavy atom. The molecule has 2 aliphatic heterocycles. The van der Waals surface area contributed by atoms with Crippen LogP contribution in [0.4, 0.5) is 0 Å². The molecule has 41 heavy (non-hydrogen) atoms. The molecular formula is C29H27N5O6S. The van der Waals surface area contributed by atoms with Crippen LogP contribution in [0.25, 0.3) is 11.1 Å². The lowest BCUT2D eigenvalue weighted by molar-refractivity contribution is -0.152. The second-order valence-electron chi connectivity index (χ2n) is 10.1. The third-order valence-corrected chi connectivity index (χ3v) is 8.46. The minimum Gasteiger partial charge on any atom is -0.384 e. The van der Waals surface area contributed by atoms with Gasteiger partial charge in [-0.2, -0.15) is 0 Å². The number of fused-ring (bicyclic) bond motifs is 3. The van der Waals surface area contributed by atoms with Crippen LogP contribution in [0.3, 0.4) is 0 Å². The van der Waals surface area contributed by atoms with E-state index in [1.807, 2.05) is 12.1 Å². The first-order valence-electron chi connectivity index (χ1n) is 13.1. The lowest BCUT2D eigenvalue weighted by Crippen LogP contribution is -2.49. The minimum atomic E-state index is -1.06. The summed E-state index contributed by atoms with van der Waals surface area (Å²) in [5.74, 6) is -2.50. The highest BCUT2D eigenvalue weighted by Crippen LogP contribution is 2.37. The van der Waals surface area contributed by atoms with E-state index in [0.29, 0.717) is 41.0 Å². The molecule has 3 aliphatic rings. The van der Waals surface area contributed by atoms with E-state index in [9.17, 15) is 19.2 Å². The maximum Gasteiger partial charge on any atom is 0.251 e. The van der Waals surface area contributed by atoms with Gasteiger partial charge in [0.1, 0.15) is 11.9 Å². The Balaban J connectivity index is 1.12. The molecule has 1 aromatic heterocycles. The summed E-state index contributed by atoms with van der Waals surface area (Å²) in [6.07, 6.45) is 0.167. The average molecular weight is 574 g/mol. The first-order valence-corrected chi connectivity index (χ1v) is 14.0. The maximum atomic E-state index is 13.3. The van der Waals surface area contributed by atoms with E-state index in [2.05, 4.69) is 10.6 Å². The van der Waals surface area contributed by atoms with E-state index in [-0.39, 0.29) is 43.6 Å². The number of nitrogens with two attached hydrogens (primary N) is 1. The molecule has 2 fully saturated rings. The molecule has 0 bridgehead atoms. The lowest BCUT2D eigenvalue weighted by Gasteiger charge is -2.24. The number of likely N-dealkylation sites (tertiary alicyclic amines) is 1. The summed E-state index contributed by atoms with van der Waals surface area (Å²) in [6.45, 7) is 0.661. The molecule has 1 aliphatic carbocycles. The molecule has 6 rings (SSSR count). The van der Waals surface area contributed by atoms with Gasteiger partial charge in [-0.1, -0.05) is 24.3 Å². The highest BCUT2D eigenvalue weighted by molar-refractivity contribution is 7.10. The van der Waals surface area contributed by atoms with E-state index < -0.39 is 23.6 Å². The smallest absolute Gasteiger partial charge is 0.251 e. The zero-order valence-electron chi connectivity index (χ0n) is 21.9.